The van der Waals surface area contributed by atoms with Crippen LogP contribution < -0.4 is 10.5 Å². The SMILES string of the molecule is C=Cc1cc(C(C)C)c(NC(=O)N=S(N)(=O)c2ccc(CN(C)C)cc2)c(C(C)C)c1. The molecular weight excluding hydrogens is 408 g/mol. The van der Waals surface area contributed by atoms with Crippen LogP contribution in [0.15, 0.2) is 52.2 Å². The minimum Gasteiger partial charge on any atom is -0.305 e. The van der Waals surface area contributed by atoms with Gasteiger partial charge in [0.15, 0.2) is 0 Å². The predicted molar refractivity (Wildman–Crippen MR) is 131 cm³/mol. The van der Waals surface area contributed by atoms with Gasteiger partial charge in [-0.15, -0.1) is 4.36 Å². The molecule has 0 heterocycles. The van der Waals surface area contributed by atoms with Crippen LogP contribution in [-0.4, -0.2) is 29.2 Å². The maximum Gasteiger partial charge on any atom is 0.354 e. The standard InChI is InChI=1S/C24H34N4O2S/c1-8-18-13-21(16(2)3)23(22(14-18)17(4)5)26-24(29)27-31(25,30)20-11-9-19(10-12-20)15-28(6)7/h8-14,16-17H,1,15H2,2-7H3,(H3,25,26,27,29,30). The van der Waals surface area contributed by atoms with Crippen LogP contribution in [0.3, 0.4) is 0 Å². The highest BCUT2D eigenvalue weighted by atomic mass is 32.2. The number of nitrogens with two attached hydrogens (primary N) is 1. The fourth-order valence-electron chi connectivity index (χ4n) is 3.35. The summed E-state index contributed by atoms with van der Waals surface area (Å²) < 4.78 is 16.8. The van der Waals surface area contributed by atoms with Gasteiger partial charge >= 0.3 is 6.03 Å². The summed E-state index contributed by atoms with van der Waals surface area (Å²) in [5, 5.41) is 8.81. The average Bonchev–Trinajstić information content (AvgIpc) is 2.67. The highest BCUT2D eigenvalue weighted by Gasteiger charge is 2.18. The molecule has 0 spiro atoms. The van der Waals surface area contributed by atoms with Crippen molar-refractivity contribution in [3.8, 4) is 0 Å². The molecule has 0 saturated carbocycles. The molecule has 31 heavy (non-hydrogen) atoms. The molecule has 6 nitrogen and oxygen atoms in total. The summed E-state index contributed by atoms with van der Waals surface area (Å²) in [6.07, 6.45) is 1.79. The van der Waals surface area contributed by atoms with E-state index in [0.717, 1.165) is 28.8 Å². The molecule has 2 amide bonds. The second-order valence-corrected chi connectivity index (χ2v) is 10.4. The highest BCUT2D eigenvalue weighted by molar-refractivity contribution is 7.91. The van der Waals surface area contributed by atoms with Crippen molar-refractivity contribution in [1.82, 2.24) is 4.90 Å². The molecule has 2 rings (SSSR count). The molecular formula is C24H34N4O2S. The van der Waals surface area contributed by atoms with Gasteiger partial charge in [0.1, 0.15) is 9.92 Å². The lowest BCUT2D eigenvalue weighted by Crippen LogP contribution is -2.19. The van der Waals surface area contributed by atoms with Gasteiger partial charge in [-0.05, 0) is 72.5 Å². The van der Waals surface area contributed by atoms with Gasteiger partial charge in [0.25, 0.3) is 0 Å². The molecule has 3 N–H and O–H groups in total. The van der Waals surface area contributed by atoms with Crippen LogP contribution in [-0.2, 0) is 16.5 Å². The largest absolute Gasteiger partial charge is 0.354 e. The second kappa shape index (κ2) is 10.2. The number of anilines is 1. The fourth-order valence-corrected chi connectivity index (χ4v) is 4.27. The van der Waals surface area contributed by atoms with Gasteiger partial charge in [0.2, 0.25) is 0 Å². The van der Waals surface area contributed by atoms with Crippen molar-refractivity contribution < 1.29 is 9.00 Å². The second-order valence-electron chi connectivity index (χ2n) is 8.56. The van der Waals surface area contributed by atoms with Gasteiger partial charge in [-0.2, -0.15) is 0 Å². The minimum atomic E-state index is -3.37. The molecule has 0 saturated heterocycles. The Labute approximate surface area is 186 Å². The first-order valence-corrected chi connectivity index (χ1v) is 11.9. The predicted octanol–water partition coefficient (Wildman–Crippen LogP) is 5.57. The third-order valence-corrected chi connectivity index (χ3v) is 6.30. The first-order valence-electron chi connectivity index (χ1n) is 10.3. The number of hydrogen-bond acceptors (Lipinski definition) is 3. The fraction of sp³-hybridized carbons (Fsp3) is 0.375. The maximum absolute atomic E-state index is 13.0. The van der Waals surface area contributed by atoms with E-state index in [1.165, 1.54) is 0 Å². The van der Waals surface area contributed by atoms with E-state index in [0.29, 0.717) is 10.6 Å². The Morgan fingerprint density at radius 2 is 1.65 bits per heavy atom. The zero-order chi connectivity index (χ0) is 23.3. The topological polar surface area (TPSA) is 87.8 Å². The number of amides is 2. The molecule has 2 aromatic rings. The summed E-state index contributed by atoms with van der Waals surface area (Å²) in [7, 11) is 0.570. The van der Waals surface area contributed by atoms with E-state index in [9.17, 15) is 9.00 Å². The van der Waals surface area contributed by atoms with Gasteiger partial charge in [-0.1, -0.05) is 52.5 Å². The van der Waals surface area contributed by atoms with Crippen molar-refractivity contribution in [2.24, 2.45) is 9.50 Å². The van der Waals surface area contributed by atoms with E-state index in [4.69, 9.17) is 5.14 Å². The molecule has 0 aromatic heterocycles. The lowest BCUT2D eigenvalue weighted by atomic mass is 9.90. The van der Waals surface area contributed by atoms with Crippen molar-refractivity contribution >= 4 is 27.7 Å². The molecule has 0 bridgehead atoms. The molecule has 7 heteroatoms. The number of rotatable bonds is 7. The van der Waals surface area contributed by atoms with Crippen LogP contribution in [0.25, 0.3) is 6.08 Å². The van der Waals surface area contributed by atoms with Crippen LogP contribution >= 0.6 is 0 Å². The average molecular weight is 443 g/mol. The maximum atomic E-state index is 13.0. The van der Waals surface area contributed by atoms with Gasteiger partial charge < -0.3 is 10.2 Å². The summed E-state index contributed by atoms with van der Waals surface area (Å²) >= 11 is 0. The van der Waals surface area contributed by atoms with E-state index in [-0.39, 0.29) is 11.8 Å². The van der Waals surface area contributed by atoms with Crippen LogP contribution in [0.1, 0.15) is 61.8 Å². The van der Waals surface area contributed by atoms with Gasteiger partial charge in [0.05, 0.1) is 4.90 Å². The molecule has 1 unspecified atom stereocenters. The number of carbonyl (C=O) groups is 1. The number of carbonyl (C=O) groups excluding carboxylic acids is 1. The zero-order valence-electron chi connectivity index (χ0n) is 19.3. The molecule has 0 aliphatic heterocycles. The third-order valence-electron chi connectivity index (χ3n) is 4.91. The Morgan fingerprint density at radius 1 is 1.13 bits per heavy atom. The third kappa shape index (κ3) is 6.50. The van der Waals surface area contributed by atoms with Crippen molar-refractivity contribution in [2.75, 3.05) is 19.4 Å². The summed E-state index contributed by atoms with van der Waals surface area (Å²) in [5.74, 6) is 0.332. The molecule has 0 aliphatic carbocycles. The van der Waals surface area contributed by atoms with Gasteiger partial charge in [0, 0.05) is 12.2 Å². The van der Waals surface area contributed by atoms with Crippen LogP contribution in [0.5, 0.6) is 0 Å². The number of benzene rings is 2. The summed E-state index contributed by atoms with van der Waals surface area (Å²) in [6, 6.07) is 10.3. The number of urea groups is 1. The van der Waals surface area contributed by atoms with Crippen LogP contribution in [0.2, 0.25) is 0 Å². The monoisotopic (exact) mass is 442 g/mol. The Morgan fingerprint density at radius 3 is 2.06 bits per heavy atom. The van der Waals surface area contributed by atoms with E-state index < -0.39 is 15.9 Å². The smallest absolute Gasteiger partial charge is 0.305 e. The Balaban J connectivity index is 2.41. The number of hydrogen-bond donors (Lipinski definition) is 2. The van der Waals surface area contributed by atoms with Crippen molar-refractivity contribution in [3.63, 3.8) is 0 Å². The first-order chi connectivity index (χ1) is 14.4. The Kier molecular flexibility index (Phi) is 8.17. The normalized spacial score (nSPS) is 13.4. The minimum absolute atomic E-state index is 0.166. The van der Waals surface area contributed by atoms with Gasteiger partial charge in [-0.25, -0.2) is 14.1 Å². The van der Waals surface area contributed by atoms with E-state index >= 15 is 0 Å². The highest BCUT2D eigenvalue weighted by Crippen LogP contribution is 2.34. The Hall–Kier alpha value is -2.48. The molecule has 0 aliphatic rings. The van der Waals surface area contributed by atoms with E-state index in [1.54, 1.807) is 18.2 Å². The van der Waals surface area contributed by atoms with Crippen molar-refractivity contribution in [2.45, 2.75) is 51.0 Å². The molecule has 0 radical (unpaired) electrons. The quantitative estimate of drug-likeness (QED) is 0.587. The Bertz CT molecular complexity index is 1030. The molecule has 168 valence electrons. The zero-order valence-corrected chi connectivity index (χ0v) is 20.1. The molecule has 0 fully saturated rings. The van der Waals surface area contributed by atoms with Crippen LogP contribution in [0.4, 0.5) is 10.5 Å². The summed E-state index contributed by atoms with van der Waals surface area (Å²) in [5.41, 5.74) is 4.69. The molecule has 2 aromatic carbocycles. The van der Waals surface area contributed by atoms with Gasteiger partial charge in [-0.3, -0.25) is 0 Å². The van der Waals surface area contributed by atoms with Crippen LogP contribution in [0, 0.1) is 0 Å². The number of nitrogens with zero attached hydrogens (tertiary/aromatic N) is 2. The van der Waals surface area contributed by atoms with E-state index in [2.05, 4.69) is 44.0 Å². The number of nitrogens with one attached hydrogen (secondary N) is 1. The first kappa shape index (κ1) is 24.8. The van der Waals surface area contributed by atoms with Crippen molar-refractivity contribution in [3.05, 3.63) is 65.2 Å². The van der Waals surface area contributed by atoms with Crippen molar-refractivity contribution in [1.29, 1.82) is 0 Å². The molecule has 1 atom stereocenters. The summed E-state index contributed by atoms with van der Waals surface area (Å²) in [6.45, 7) is 12.8. The lowest BCUT2D eigenvalue weighted by molar-refractivity contribution is 0.260. The summed E-state index contributed by atoms with van der Waals surface area (Å²) in [4.78, 5) is 15.1. The lowest BCUT2D eigenvalue weighted by Gasteiger charge is -2.21. The van der Waals surface area contributed by atoms with E-state index in [1.807, 2.05) is 43.3 Å².